The van der Waals surface area contributed by atoms with Crippen LogP contribution in [-0.4, -0.2) is 19.0 Å². The van der Waals surface area contributed by atoms with Gasteiger partial charge < -0.3 is 10.6 Å². The maximum Gasteiger partial charge on any atom is 0.220 e. The van der Waals surface area contributed by atoms with Crippen LogP contribution in [0.5, 0.6) is 0 Å². The maximum atomic E-state index is 11.9. The minimum Gasteiger partial charge on any atom is -0.350 e. The Kier molecular flexibility index (Phi) is 5.23. The summed E-state index contributed by atoms with van der Waals surface area (Å²) in [7, 11) is 0. The average molecular weight is 281 g/mol. The molecular formula is C15H21ClN2O. The molecule has 1 saturated heterocycles. The van der Waals surface area contributed by atoms with Crippen LogP contribution in [0.4, 0.5) is 0 Å². The monoisotopic (exact) mass is 280 g/mol. The van der Waals surface area contributed by atoms with Gasteiger partial charge in [-0.1, -0.05) is 29.8 Å². The molecule has 1 aromatic carbocycles. The minimum atomic E-state index is -0.0390. The van der Waals surface area contributed by atoms with Crippen molar-refractivity contribution in [2.45, 2.75) is 32.2 Å². The molecule has 2 rings (SSSR count). The van der Waals surface area contributed by atoms with Crippen LogP contribution >= 0.6 is 11.6 Å². The Balaban J connectivity index is 1.79. The number of nitrogens with one attached hydrogen (secondary N) is 2. The molecule has 0 aromatic heterocycles. The Morgan fingerprint density at radius 1 is 1.53 bits per heavy atom. The quantitative estimate of drug-likeness (QED) is 0.871. The molecule has 1 amide bonds. The fourth-order valence-electron chi connectivity index (χ4n) is 2.51. The summed E-state index contributed by atoms with van der Waals surface area (Å²) in [6.07, 6.45) is 2.75. The highest BCUT2D eigenvalue weighted by molar-refractivity contribution is 6.31. The molecule has 104 valence electrons. The molecule has 0 aliphatic carbocycles. The summed E-state index contributed by atoms with van der Waals surface area (Å²) >= 11 is 6.12. The van der Waals surface area contributed by atoms with Crippen LogP contribution in [0, 0.1) is 5.92 Å². The minimum absolute atomic E-state index is 0.0390. The number of carbonyl (C=O) groups excluding carboxylic acids is 1. The number of hydrogen-bond donors (Lipinski definition) is 2. The second-order valence-electron chi connectivity index (χ2n) is 5.21. The highest BCUT2D eigenvalue weighted by atomic mass is 35.5. The first-order valence-corrected chi connectivity index (χ1v) is 7.29. The van der Waals surface area contributed by atoms with Crippen LogP contribution < -0.4 is 10.6 Å². The SMILES string of the molecule is CC(NC(=O)CCC1CCNC1)c1ccccc1Cl. The van der Waals surface area contributed by atoms with E-state index in [9.17, 15) is 4.79 Å². The van der Waals surface area contributed by atoms with Crippen molar-refractivity contribution in [2.75, 3.05) is 13.1 Å². The third kappa shape index (κ3) is 4.22. The van der Waals surface area contributed by atoms with Crippen molar-refractivity contribution in [3.63, 3.8) is 0 Å². The third-order valence-corrected chi connectivity index (χ3v) is 4.04. The molecule has 3 nitrogen and oxygen atoms in total. The smallest absolute Gasteiger partial charge is 0.220 e. The van der Waals surface area contributed by atoms with Crippen molar-refractivity contribution in [1.29, 1.82) is 0 Å². The largest absolute Gasteiger partial charge is 0.350 e. The summed E-state index contributed by atoms with van der Waals surface area (Å²) in [4.78, 5) is 11.9. The van der Waals surface area contributed by atoms with E-state index in [-0.39, 0.29) is 11.9 Å². The lowest BCUT2D eigenvalue weighted by Gasteiger charge is -2.16. The van der Waals surface area contributed by atoms with Gasteiger partial charge in [-0.25, -0.2) is 0 Å². The van der Waals surface area contributed by atoms with E-state index in [1.165, 1.54) is 6.42 Å². The summed E-state index contributed by atoms with van der Waals surface area (Å²) in [5, 5.41) is 7.04. The van der Waals surface area contributed by atoms with E-state index in [1.54, 1.807) is 0 Å². The number of benzene rings is 1. The first-order chi connectivity index (χ1) is 9.16. The van der Waals surface area contributed by atoms with E-state index >= 15 is 0 Å². The van der Waals surface area contributed by atoms with Gasteiger partial charge in [-0.3, -0.25) is 4.79 Å². The van der Waals surface area contributed by atoms with E-state index in [0.29, 0.717) is 17.4 Å². The van der Waals surface area contributed by atoms with Crippen molar-refractivity contribution in [2.24, 2.45) is 5.92 Å². The summed E-state index contributed by atoms with van der Waals surface area (Å²) in [6, 6.07) is 7.60. The Bertz CT molecular complexity index is 430. The Labute approximate surface area is 119 Å². The van der Waals surface area contributed by atoms with E-state index < -0.39 is 0 Å². The Hall–Kier alpha value is -1.06. The summed E-state index contributed by atoms with van der Waals surface area (Å²) in [5.41, 5.74) is 0.972. The van der Waals surface area contributed by atoms with Crippen molar-refractivity contribution < 1.29 is 4.79 Å². The van der Waals surface area contributed by atoms with Crippen molar-refractivity contribution in [3.05, 3.63) is 34.9 Å². The van der Waals surface area contributed by atoms with Gasteiger partial charge in [-0.05, 0) is 50.4 Å². The predicted molar refractivity (Wildman–Crippen MR) is 78.2 cm³/mol. The van der Waals surface area contributed by atoms with Crippen LogP contribution in [0.3, 0.4) is 0 Å². The van der Waals surface area contributed by atoms with Gasteiger partial charge in [-0.2, -0.15) is 0 Å². The Morgan fingerprint density at radius 3 is 3.00 bits per heavy atom. The molecular weight excluding hydrogens is 260 g/mol. The second-order valence-corrected chi connectivity index (χ2v) is 5.62. The van der Waals surface area contributed by atoms with Gasteiger partial charge in [0.25, 0.3) is 0 Å². The van der Waals surface area contributed by atoms with E-state index in [4.69, 9.17) is 11.6 Å². The first-order valence-electron chi connectivity index (χ1n) is 6.91. The molecule has 1 aliphatic rings. The summed E-state index contributed by atoms with van der Waals surface area (Å²) < 4.78 is 0. The van der Waals surface area contributed by atoms with Gasteiger partial charge >= 0.3 is 0 Å². The topological polar surface area (TPSA) is 41.1 Å². The van der Waals surface area contributed by atoms with Gasteiger partial charge in [0.15, 0.2) is 0 Å². The van der Waals surface area contributed by atoms with Gasteiger partial charge in [0.2, 0.25) is 5.91 Å². The summed E-state index contributed by atoms with van der Waals surface area (Å²) in [6.45, 7) is 4.10. The number of carbonyl (C=O) groups is 1. The van der Waals surface area contributed by atoms with Crippen LogP contribution in [-0.2, 0) is 4.79 Å². The standard InChI is InChI=1S/C15H21ClN2O/c1-11(13-4-2-3-5-14(13)16)18-15(19)7-6-12-8-9-17-10-12/h2-5,11-12,17H,6-10H2,1H3,(H,18,19). The predicted octanol–water partition coefficient (Wildman–Crippen LogP) is 2.91. The third-order valence-electron chi connectivity index (χ3n) is 3.69. The highest BCUT2D eigenvalue weighted by Gasteiger charge is 2.17. The average Bonchev–Trinajstić information content (AvgIpc) is 2.90. The van der Waals surface area contributed by atoms with Crippen molar-refractivity contribution >= 4 is 17.5 Å². The lowest BCUT2D eigenvalue weighted by atomic mass is 10.0. The molecule has 1 aliphatic heterocycles. The molecule has 0 spiro atoms. The van der Waals surface area contributed by atoms with Gasteiger partial charge in [0, 0.05) is 11.4 Å². The van der Waals surface area contributed by atoms with E-state index in [2.05, 4.69) is 10.6 Å². The zero-order chi connectivity index (χ0) is 13.7. The van der Waals surface area contributed by atoms with Gasteiger partial charge in [-0.15, -0.1) is 0 Å². The van der Waals surface area contributed by atoms with Crippen LogP contribution in [0.1, 0.15) is 37.8 Å². The van der Waals surface area contributed by atoms with Crippen LogP contribution in [0.25, 0.3) is 0 Å². The number of rotatable bonds is 5. The Morgan fingerprint density at radius 2 is 2.32 bits per heavy atom. The fraction of sp³-hybridized carbons (Fsp3) is 0.533. The molecule has 1 fully saturated rings. The first kappa shape index (κ1) is 14.4. The molecule has 4 heteroatoms. The van der Waals surface area contributed by atoms with E-state index in [0.717, 1.165) is 25.1 Å². The maximum absolute atomic E-state index is 11.9. The van der Waals surface area contributed by atoms with Gasteiger partial charge in [0.05, 0.1) is 6.04 Å². The van der Waals surface area contributed by atoms with Crippen LogP contribution in [0.15, 0.2) is 24.3 Å². The lowest BCUT2D eigenvalue weighted by molar-refractivity contribution is -0.122. The molecule has 2 N–H and O–H groups in total. The lowest BCUT2D eigenvalue weighted by Crippen LogP contribution is -2.27. The molecule has 0 radical (unpaired) electrons. The molecule has 1 heterocycles. The van der Waals surface area contributed by atoms with Crippen molar-refractivity contribution in [1.82, 2.24) is 10.6 Å². The zero-order valence-corrected chi connectivity index (χ0v) is 12.0. The number of hydrogen-bond acceptors (Lipinski definition) is 2. The highest BCUT2D eigenvalue weighted by Crippen LogP contribution is 2.22. The number of halogens is 1. The fourth-order valence-corrected chi connectivity index (χ4v) is 2.81. The molecule has 0 saturated carbocycles. The summed E-state index contributed by atoms with van der Waals surface area (Å²) in [5.74, 6) is 0.765. The molecule has 19 heavy (non-hydrogen) atoms. The zero-order valence-electron chi connectivity index (χ0n) is 11.3. The molecule has 1 aromatic rings. The normalized spacial score (nSPS) is 20.2. The second kappa shape index (κ2) is 6.92. The molecule has 2 atom stereocenters. The van der Waals surface area contributed by atoms with Crippen LogP contribution in [0.2, 0.25) is 5.02 Å². The van der Waals surface area contributed by atoms with Gasteiger partial charge in [0.1, 0.15) is 0 Å². The van der Waals surface area contributed by atoms with Crippen molar-refractivity contribution in [3.8, 4) is 0 Å². The molecule has 2 unspecified atom stereocenters. The van der Waals surface area contributed by atoms with E-state index in [1.807, 2.05) is 31.2 Å². The number of amides is 1. The molecule has 0 bridgehead atoms.